The second kappa shape index (κ2) is 14.2. The monoisotopic (exact) mass is 603 g/mol. The van der Waals surface area contributed by atoms with E-state index in [1.165, 1.54) is 12.1 Å². The Kier molecular flexibility index (Phi) is 10.2. The first-order valence-corrected chi connectivity index (χ1v) is 13.8. The van der Waals surface area contributed by atoms with Gasteiger partial charge in [-0.15, -0.1) is 15.2 Å². The quantitative estimate of drug-likeness (QED) is 0.0419. The number of hydrazine groups is 1. The number of hydrogen-bond acceptors (Lipinski definition) is 8. The Bertz CT molecular complexity index is 1650. The number of amidine groups is 1. The first-order chi connectivity index (χ1) is 20.7. The lowest BCUT2D eigenvalue weighted by Gasteiger charge is -2.15. The summed E-state index contributed by atoms with van der Waals surface area (Å²) >= 11 is 6.22. The van der Waals surface area contributed by atoms with Crippen molar-refractivity contribution in [2.24, 2.45) is 16.7 Å². The average molecular weight is 604 g/mol. The van der Waals surface area contributed by atoms with Gasteiger partial charge in [0.2, 0.25) is 0 Å². The molecule has 0 fully saturated rings. The lowest BCUT2D eigenvalue weighted by Crippen LogP contribution is -2.35. The Morgan fingerprint density at radius 3 is 2.58 bits per heavy atom. The van der Waals surface area contributed by atoms with Crippen molar-refractivity contribution >= 4 is 29.6 Å². The summed E-state index contributed by atoms with van der Waals surface area (Å²) < 4.78 is 1.84. The highest BCUT2D eigenvalue weighted by atomic mass is 35.5. The third kappa shape index (κ3) is 7.61. The smallest absolute Gasteiger partial charge is 0.294 e. The minimum absolute atomic E-state index is 0.00705. The zero-order valence-electron chi connectivity index (χ0n) is 23.4. The van der Waals surface area contributed by atoms with Crippen molar-refractivity contribution in [3.8, 4) is 11.1 Å². The molecule has 1 heterocycles. The molecule has 0 saturated heterocycles. The van der Waals surface area contributed by atoms with Crippen LogP contribution in [-0.4, -0.2) is 37.8 Å². The van der Waals surface area contributed by atoms with Gasteiger partial charge in [0.15, 0.2) is 17.3 Å². The molecule has 3 aromatic carbocycles. The maximum absolute atomic E-state index is 12.9. The molecule has 1 aromatic heterocycles. The van der Waals surface area contributed by atoms with Crippen molar-refractivity contribution in [3.05, 3.63) is 122 Å². The van der Waals surface area contributed by atoms with E-state index < -0.39 is 11.0 Å². The molecular weight excluding hydrogens is 574 g/mol. The molecule has 0 aliphatic carbocycles. The lowest BCUT2D eigenvalue weighted by atomic mass is 9.98. The van der Waals surface area contributed by atoms with Gasteiger partial charge in [0.25, 0.3) is 11.0 Å². The highest BCUT2D eigenvalue weighted by Crippen LogP contribution is 2.26. The number of amides is 1. The number of aldehydes is 1. The van der Waals surface area contributed by atoms with Gasteiger partial charge < -0.3 is 15.1 Å². The molecule has 222 valence electrons. The summed E-state index contributed by atoms with van der Waals surface area (Å²) in [6, 6.07) is 21.1. The summed E-state index contributed by atoms with van der Waals surface area (Å²) in [4.78, 5) is 43.8. The molecular formula is C30H30ClN7O5. The first kappa shape index (κ1) is 30.9. The Hall–Kier alpha value is -5.07. The molecule has 12 nitrogen and oxygen atoms in total. The largest absolute Gasteiger partial charge is 0.382 e. The van der Waals surface area contributed by atoms with Crippen LogP contribution in [0, 0.1) is 10.1 Å². The summed E-state index contributed by atoms with van der Waals surface area (Å²) in [5, 5.41) is 14.5. The van der Waals surface area contributed by atoms with Crippen LogP contribution >= 0.6 is 11.6 Å². The van der Waals surface area contributed by atoms with Gasteiger partial charge in [0.1, 0.15) is 18.1 Å². The number of carbonyl (C=O) groups is 2. The summed E-state index contributed by atoms with van der Waals surface area (Å²) in [7, 11) is 0. The van der Waals surface area contributed by atoms with Crippen molar-refractivity contribution in [2.75, 3.05) is 0 Å². The van der Waals surface area contributed by atoms with Crippen LogP contribution < -0.4 is 11.6 Å². The van der Waals surface area contributed by atoms with Gasteiger partial charge in [0, 0.05) is 24.1 Å². The number of nitrogens with two attached hydrogens (primary N) is 2. The molecule has 4 rings (SSSR count). The Morgan fingerprint density at radius 1 is 1.14 bits per heavy atom. The van der Waals surface area contributed by atoms with Crippen LogP contribution in [-0.2, 0) is 24.4 Å². The molecule has 0 spiro atoms. The van der Waals surface area contributed by atoms with Crippen molar-refractivity contribution < 1.29 is 19.5 Å². The van der Waals surface area contributed by atoms with E-state index in [2.05, 4.69) is 21.8 Å². The van der Waals surface area contributed by atoms with E-state index in [0.717, 1.165) is 48.1 Å². The predicted octanol–water partition coefficient (Wildman–Crippen LogP) is 4.75. The second-order valence-corrected chi connectivity index (χ2v) is 9.94. The number of unbranched alkanes of at least 4 members (excludes halogenated alkanes) is 1. The standard InChI is InChI=1S/C30H30ClN7O5/c1-2-3-11-27-34-28(31)26(18-39)36(27)17-20-12-14-22(15-13-20)24-9-4-5-10-25(24)29(32)35-37(33)30(40)23-8-6-7-21(16-23)19-43-38(41)42/h4-10,12-16,18H,2-3,11,17,19,33H2,1H3,(H2,32,35). The molecule has 0 unspecified atom stereocenters. The number of hydrazone groups is 1. The summed E-state index contributed by atoms with van der Waals surface area (Å²) in [5.74, 6) is 6.05. The number of aromatic nitrogens is 2. The Balaban J connectivity index is 1.54. The summed E-state index contributed by atoms with van der Waals surface area (Å²) in [5.41, 5.74) is 10.3. The molecule has 0 saturated carbocycles. The van der Waals surface area contributed by atoms with E-state index >= 15 is 0 Å². The highest BCUT2D eigenvalue weighted by Gasteiger charge is 2.17. The fourth-order valence-electron chi connectivity index (χ4n) is 4.50. The average Bonchev–Trinajstić information content (AvgIpc) is 3.32. The molecule has 0 aliphatic heterocycles. The zero-order chi connectivity index (χ0) is 30.9. The van der Waals surface area contributed by atoms with Gasteiger partial charge in [-0.25, -0.2) is 10.8 Å². The van der Waals surface area contributed by atoms with Crippen molar-refractivity contribution in [1.82, 2.24) is 14.7 Å². The minimum Gasteiger partial charge on any atom is -0.382 e. The van der Waals surface area contributed by atoms with Crippen LogP contribution in [0.2, 0.25) is 5.15 Å². The third-order valence-electron chi connectivity index (χ3n) is 6.65. The number of halogens is 1. The number of rotatable bonds is 13. The Morgan fingerprint density at radius 2 is 1.88 bits per heavy atom. The molecule has 1 amide bonds. The van der Waals surface area contributed by atoms with Crippen LogP contribution in [0.4, 0.5) is 0 Å². The fraction of sp³-hybridized carbons (Fsp3) is 0.200. The number of nitrogens with zero attached hydrogens (tertiary/aromatic N) is 5. The maximum Gasteiger partial charge on any atom is 0.294 e. The summed E-state index contributed by atoms with van der Waals surface area (Å²) in [6.07, 6.45) is 3.37. The number of benzene rings is 3. The van der Waals surface area contributed by atoms with E-state index in [1.807, 2.05) is 41.0 Å². The molecule has 0 aliphatic rings. The second-order valence-electron chi connectivity index (χ2n) is 9.59. The van der Waals surface area contributed by atoms with Gasteiger partial charge in [-0.3, -0.25) is 9.59 Å². The number of imidazole rings is 1. The van der Waals surface area contributed by atoms with Gasteiger partial charge >= 0.3 is 0 Å². The normalized spacial score (nSPS) is 11.3. The van der Waals surface area contributed by atoms with Crippen LogP contribution in [0.1, 0.15) is 63.1 Å². The van der Waals surface area contributed by atoms with Crippen LogP contribution in [0.5, 0.6) is 0 Å². The van der Waals surface area contributed by atoms with Crippen molar-refractivity contribution in [3.63, 3.8) is 0 Å². The van der Waals surface area contributed by atoms with Crippen LogP contribution in [0.25, 0.3) is 11.1 Å². The molecule has 43 heavy (non-hydrogen) atoms. The highest BCUT2D eigenvalue weighted by molar-refractivity contribution is 6.31. The molecule has 4 aromatic rings. The van der Waals surface area contributed by atoms with E-state index in [-0.39, 0.29) is 23.2 Å². The van der Waals surface area contributed by atoms with Crippen molar-refractivity contribution in [2.45, 2.75) is 39.3 Å². The zero-order valence-corrected chi connectivity index (χ0v) is 24.1. The van der Waals surface area contributed by atoms with Gasteiger partial charge in [-0.1, -0.05) is 85.6 Å². The maximum atomic E-state index is 12.9. The van der Waals surface area contributed by atoms with Crippen LogP contribution in [0.15, 0.2) is 77.9 Å². The number of aryl methyl sites for hydroxylation is 1. The molecule has 0 radical (unpaired) electrons. The molecule has 0 atom stereocenters. The van der Waals surface area contributed by atoms with Gasteiger partial charge in [0.05, 0.1) is 0 Å². The molecule has 13 heteroatoms. The van der Waals surface area contributed by atoms with Crippen molar-refractivity contribution in [1.29, 1.82) is 0 Å². The van der Waals surface area contributed by atoms with E-state index in [4.69, 9.17) is 23.2 Å². The fourth-order valence-corrected chi connectivity index (χ4v) is 4.74. The van der Waals surface area contributed by atoms with Gasteiger partial charge in [-0.2, -0.15) is 5.12 Å². The van der Waals surface area contributed by atoms with E-state index in [1.54, 1.807) is 24.3 Å². The first-order valence-electron chi connectivity index (χ1n) is 13.4. The van der Waals surface area contributed by atoms with Gasteiger partial charge in [-0.05, 0) is 40.8 Å². The third-order valence-corrected chi connectivity index (χ3v) is 6.93. The van der Waals surface area contributed by atoms with Crippen LogP contribution in [0.3, 0.4) is 0 Å². The van der Waals surface area contributed by atoms with E-state index in [0.29, 0.717) is 28.5 Å². The SMILES string of the molecule is CCCCc1nc(Cl)c(C=O)n1Cc1ccc(-c2ccccc2/C(N)=N/N(N)C(=O)c2cccc(CO[N+](=O)[O-])c2)cc1. The molecule has 4 N–H and O–H groups in total. The number of hydrogen-bond donors (Lipinski definition) is 2. The topological polar surface area (TPSA) is 172 Å². The predicted molar refractivity (Wildman–Crippen MR) is 162 cm³/mol. The minimum atomic E-state index is -0.913. The summed E-state index contributed by atoms with van der Waals surface area (Å²) in [6.45, 7) is 2.21. The molecule has 0 bridgehead atoms. The van der Waals surface area contributed by atoms with E-state index in [9.17, 15) is 19.7 Å². The Labute approximate surface area is 252 Å². The lowest BCUT2D eigenvalue weighted by molar-refractivity contribution is -0.763. The number of carbonyl (C=O) groups excluding carboxylic acids is 2.